The maximum Gasteiger partial charge on any atom is 0.226 e. The SMILES string of the molecule is CC(C)c1noc(CCCN=C(N)NC2CCCCC2)n1. The first-order valence-electron chi connectivity index (χ1n) is 8.04. The van der Waals surface area contributed by atoms with Gasteiger partial charge in [0.15, 0.2) is 11.8 Å². The Hall–Kier alpha value is -1.59. The zero-order valence-electron chi connectivity index (χ0n) is 13.1. The minimum atomic E-state index is 0.302. The van der Waals surface area contributed by atoms with Crippen LogP contribution in [-0.2, 0) is 6.42 Å². The molecule has 1 aromatic heterocycles. The normalized spacial score (nSPS) is 17.4. The van der Waals surface area contributed by atoms with Crippen LogP contribution in [0.1, 0.15) is 70.0 Å². The Kier molecular flexibility index (Phi) is 6.02. The molecular formula is C15H27N5O. The molecule has 6 nitrogen and oxygen atoms in total. The predicted octanol–water partition coefficient (Wildman–Crippen LogP) is 2.36. The van der Waals surface area contributed by atoms with Gasteiger partial charge in [-0.3, -0.25) is 4.99 Å². The Labute approximate surface area is 126 Å². The third-order valence-corrected chi connectivity index (χ3v) is 3.79. The fraction of sp³-hybridized carbons (Fsp3) is 0.800. The number of nitrogens with one attached hydrogen (secondary N) is 1. The second kappa shape index (κ2) is 8.00. The molecule has 118 valence electrons. The number of nitrogens with zero attached hydrogens (tertiary/aromatic N) is 3. The first kappa shape index (κ1) is 15.8. The van der Waals surface area contributed by atoms with Gasteiger partial charge in [0.2, 0.25) is 5.89 Å². The van der Waals surface area contributed by atoms with Gasteiger partial charge in [-0.2, -0.15) is 4.98 Å². The predicted molar refractivity (Wildman–Crippen MR) is 83.2 cm³/mol. The highest BCUT2D eigenvalue weighted by Gasteiger charge is 2.13. The van der Waals surface area contributed by atoms with E-state index in [-0.39, 0.29) is 0 Å². The van der Waals surface area contributed by atoms with Gasteiger partial charge in [-0.15, -0.1) is 0 Å². The van der Waals surface area contributed by atoms with Crippen LogP contribution in [0.5, 0.6) is 0 Å². The molecule has 0 spiro atoms. The summed E-state index contributed by atoms with van der Waals surface area (Å²) < 4.78 is 5.20. The van der Waals surface area contributed by atoms with Gasteiger partial charge in [0, 0.05) is 24.9 Å². The maximum atomic E-state index is 5.92. The molecule has 0 aliphatic heterocycles. The van der Waals surface area contributed by atoms with Crippen LogP contribution < -0.4 is 11.1 Å². The van der Waals surface area contributed by atoms with Gasteiger partial charge >= 0.3 is 0 Å². The fourth-order valence-corrected chi connectivity index (χ4v) is 2.54. The zero-order valence-corrected chi connectivity index (χ0v) is 13.1. The van der Waals surface area contributed by atoms with Crippen LogP contribution in [0, 0.1) is 0 Å². The molecule has 1 heterocycles. The maximum absolute atomic E-state index is 5.92. The van der Waals surface area contributed by atoms with Crippen molar-refractivity contribution >= 4 is 5.96 Å². The first-order chi connectivity index (χ1) is 10.1. The average molecular weight is 293 g/mol. The van der Waals surface area contributed by atoms with Crippen molar-refractivity contribution in [2.45, 2.75) is 70.8 Å². The van der Waals surface area contributed by atoms with Gasteiger partial charge in [-0.1, -0.05) is 38.3 Å². The van der Waals surface area contributed by atoms with Crippen molar-refractivity contribution in [3.63, 3.8) is 0 Å². The van der Waals surface area contributed by atoms with Crippen LogP contribution in [0.3, 0.4) is 0 Å². The highest BCUT2D eigenvalue weighted by molar-refractivity contribution is 5.78. The number of nitrogens with two attached hydrogens (primary N) is 1. The van der Waals surface area contributed by atoms with Gasteiger partial charge in [-0.05, 0) is 19.3 Å². The third kappa shape index (κ3) is 5.36. The van der Waals surface area contributed by atoms with Gasteiger partial charge in [0.25, 0.3) is 0 Å². The molecule has 1 aliphatic rings. The van der Waals surface area contributed by atoms with E-state index in [9.17, 15) is 0 Å². The zero-order chi connectivity index (χ0) is 15.1. The monoisotopic (exact) mass is 293 g/mol. The summed E-state index contributed by atoms with van der Waals surface area (Å²) in [7, 11) is 0. The number of hydrogen-bond acceptors (Lipinski definition) is 4. The number of rotatable bonds is 6. The Balaban J connectivity index is 1.66. The second-order valence-corrected chi connectivity index (χ2v) is 6.05. The van der Waals surface area contributed by atoms with Crippen molar-refractivity contribution < 1.29 is 4.52 Å². The molecule has 6 heteroatoms. The van der Waals surface area contributed by atoms with E-state index in [0.717, 1.165) is 18.7 Å². The van der Waals surface area contributed by atoms with E-state index in [2.05, 4.69) is 34.3 Å². The lowest BCUT2D eigenvalue weighted by atomic mass is 9.96. The summed E-state index contributed by atoms with van der Waals surface area (Å²) >= 11 is 0. The Morgan fingerprint density at radius 1 is 1.38 bits per heavy atom. The summed E-state index contributed by atoms with van der Waals surface area (Å²) in [5, 5.41) is 7.26. The second-order valence-electron chi connectivity index (χ2n) is 6.05. The molecule has 1 aromatic rings. The average Bonchev–Trinajstić information content (AvgIpc) is 2.94. The van der Waals surface area contributed by atoms with Gasteiger partial charge in [0.05, 0.1) is 0 Å². The van der Waals surface area contributed by atoms with Crippen LogP contribution in [-0.4, -0.2) is 28.7 Å². The van der Waals surface area contributed by atoms with Crippen molar-refractivity contribution in [2.75, 3.05) is 6.54 Å². The highest BCUT2D eigenvalue weighted by Crippen LogP contribution is 2.17. The van der Waals surface area contributed by atoms with Crippen LogP contribution >= 0.6 is 0 Å². The summed E-state index contributed by atoms with van der Waals surface area (Å²) in [4.78, 5) is 8.72. The number of guanidine groups is 1. The van der Waals surface area contributed by atoms with E-state index in [1.54, 1.807) is 0 Å². The van der Waals surface area contributed by atoms with E-state index in [1.165, 1.54) is 32.1 Å². The molecular weight excluding hydrogens is 266 g/mol. The van der Waals surface area contributed by atoms with E-state index in [1.807, 2.05) is 0 Å². The van der Waals surface area contributed by atoms with Crippen molar-refractivity contribution in [3.05, 3.63) is 11.7 Å². The lowest BCUT2D eigenvalue weighted by molar-refractivity contribution is 0.369. The number of aryl methyl sites for hydroxylation is 1. The van der Waals surface area contributed by atoms with Crippen molar-refractivity contribution in [1.82, 2.24) is 15.5 Å². The van der Waals surface area contributed by atoms with Crippen LogP contribution in [0.4, 0.5) is 0 Å². The van der Waals surface area contributed by atoms with Crippen molar-refractivity contribution in [1.29, 1.82) is 0 Å². The molecule has 0 aromatic carbocycles. The molecule has 0 amide bonds. The minimum Gasteiger partial charge on any atom is -0.370 e. The molecule has 0 unspecified atom stereocenters. The molecule has 1 aliphatic carbocycles. The van der Waals surface area contributed by atoms with Crippen molar-refractivity contribution in [3.8, 4) is 0 Å². The molecule has 3 N–H and O–H groups in total. The number of aliphatic imine (C=N–C) groups is 1. The molecule has 0 radical (unpaired) electrons. The lowest BCUT2D eigenvalue weighted by Crippen LogP contribution is -2.41. The Bertz CT molecular complexity index is 449. The van der Waals surface area contributed by atoms with Crippen LogP contribution in [0.2, 0.25) is 0 Å². The number of aromatic nitrogens is 2. The molecule has 1 fully saturated rings. The number of hydrogen-bond donors (Lipinski definition) is 2. The summed E-state index contributed by atoms with van der Waals surface area (Å²) in [5.74, 6) is 2.32. The summed E-state index contributed by atoms with van der Waals surface area (Å²) in [6.45, 7) is 4.79. The van der Waals surface area contributed by atoms with E-state index in [0.29, 0.717) is 30.4 Å². The van der Waals surface area contributed by atoms with E-state index in [4.69, 9.17) is 10.3 Å². The summed E-state index contributed by atoms with van der Waals surface area (Å²) in [6, 6.07) is 0.507. The third-order valence-electron chi connectivity index (χ3n) is 3.79. The quantitative estimate of drug-likeness (QED) is 0.477. The van der Waals surface area contributed by atoms with E-state index < -0.39 is 0 Å². The van der Waals surface area contributed by atoms with Gasteiger partial charge < -0.3 is 15.6 Å². The standard InChI is InChI=1S/C15H27N5O/c1-11(2)14-19-13(21-20-14)9-6-10-17-15(16)18-12-7-4-3-5-8-12/h11-12H,3-10H2,1-2H3,(H3,16,17,18). The first-order valence-corrected chi connectivity index (χ1v) is 8.04. The minimum absolute atomic E-state index is 0.302. The topological polar surface area (TPSA) is 89.3 Å². The molecule has 1 saturated carbocycles. The molecule has 0 saturated heterocycles. The molecule has 21 heavy (non-hydrogen) atoms. The molecule has 2 rings (SSSR count). The van der Waals surface area contributed by atoms with Crippen molar-refractivity contribution in [2.24, 2.45) is 10.7 Å². The Morgan fingerprint density at radius 3 is 2.81 bits per heavy atom. The summed E-state index contributed by atoms with van der Waals surface area (Å²) in [6.07, 6.45) is 7.96. The summed E-state index contributed by atoms with van der Waals surface area (Å²) in [5.41, 5.74) is 5.92. The Morgan fingerprint density at radius 2 is 2.14 bits per heavy atom. The molecule has 0 atom stereocenters. The van der Waals surface area contributed by atoms with Crippen LogP contribution in [0.15, 0.2) is 9.52 Å². The lowest BCUT2D eigenvalue weighted by Gasteiger charge is -2.23. The van der Waals surface area contributed by atoms with Crippen LogP contribution in [0.25, 0.3) is 0 Å². The van der Waals surface area contributed by atoms with E-state index >= 15 is 0 Å². The fourth-order valence-electron chi connectivity index (χ4n) is 2.54. The smallest absolute Gasteiger partial charge is 0.226 e. The van der Waals surface area contributed by atoms with Gasteiger partial charge in [-0.25, -0.2) is 0 Å². The highest BCUT2D eigenvalue weighted by atomic mass is 16.5. The molecule has 0 bridgehead atoms. The van der Waals surface area contributed by atoms with Gasteiger partial charge in [0.1, 0.15) is 0 Å². The largest absolute Gasteiger partial charge is 0.370 e.